The Morgan fingerprint density at radius 3 is 2.71 bits per heavy atom. The molecule has 0 radical (unpaired) electrons. The van der Waals surface area contributed by atoms with Gasteiger partial charge in [-0.3, -0.25) is 0 Å². The van der Waals surface area contributed by atoms with Gasteiger partial charge in [0.15, 0.2) is 11.5 Å². The van der Waals surface area contributed by atoms with Crippen LogP contribution in [0.1, 0.15) is 36.5 Å². The lowest BCUT2D eigenvalue weighted by molar-refractivity contribution is 0.310. The van der Waals surface area contributed by atoms with Crippen molar-refractivity contribution in [2.24, 2.45) is 0 Å². The van der Waals surface area contributed by atoms with Gasteiger partial charge in [0.2, 0.25) is 0 Å². The lowest BCUT2D eigenvalue weighted by Gasteiger charge is -2.37. The summed E-state index contributed by atoms with van der Waals surface area (Å²) in [6.45, 7) is 3.01. The molecule has 3 nitrogen and oxygen atoms in total. The molecule has 4 heteroatoms. The molecule has 0 fully saturated rings. The van der Waals surface area contributed by atoms with E-state index < -0.39 is 0 Å². The third kappa shape index (κ3) is 3.24. The number of rotatable bonds is 5. The van der Waals surface area contributed by atoms with E-state index in [2.05, 4.69) is 36.5 Å². The van der Waals surface area contributed by atoms with Gasteiger partial charge >= 0.3 is 0 Å². The van der Waals surface area contributed by atoms with E-state index in [1.54, 1.807) is 14.2 Å². The van der Waals surface area contributed by atoms with Crippen LogP contribution in [0.2, 0.25) is 5.02 Å². The average molecular weight is 346 g/mol. The molecule has 2 aromatic carbocycles. The van der Waals surface area contributed by atoms with Crippen LogP contribution in [0.3, 0.4) is 0 Å². The fraction of sp³-hybridized carbons (Fsp3) is 0.400. The van der Waals surface area contributed by atoms with Crippen LogP contribution in [0.25, 0.3) is 0 Å². The fourth-order valence-corrected chi connectivity index (χ4v) is 3.91. The number of aryl methyl sites for hydroxylation is 1. The second kappa shape index (κ2) is 7.04. The molecule has 0 aliphatic heterocycles. The number of benzene rings is 2. The zero-order valence-electron chi connectivity index (χ0n) is 14.5. The minimum atomic E-state index is -0.0194. The van der Waals surface area contributed by atoms with Crippen LogP contribution < -0.4 is 14.8 Å². The minimum absolute atomic E-state index is 0.0194. The van der Waals surface area contributed by atoms with Crippen molar-refractivity contribution in [1.82, 2.24) is 5.32 Å². The molecular formula is C20H24ClNO2. The van der Waals surface area contributed by atoms with E-state index in [4.69, 9.17) is 21.1 Å². The number of ether oxygens (including phenoxy) is 2. The van der Waals surface area contributed by atoms with Crippen molar-refractivity contribution in [3.05, 3.63) is 58.1 Å². The molecule has 1 aliphatic carbocycles. The van der Waals surface area contributed by atoms with Gasteiger partial charge in [0.05, 0.1) is 19.2 Å². The molecule has 0 amide bonds. The second-order valence-corrected chi connectivity index (χ2v) is 6.92. The smallest absolute Gasteiger partial charge is 0.179 e. The van der Waals surface area contributed by atoms with Crippen molar-refractivity contribution in [3.63, 3.8) is 0 Å². The lowest BCUT2D eigenvalue weighted by Crippen LogP contribution is -2.41. The van der Waals surface area contributed by atoms with Crippen LogP contribution in [-0.2, 0) is 18.5 Å². The van der Waals surface area contributed by atoms with Crippen molar-refractivity contribution in [1.29, 1.82) is 0 Å². The van der Waals surface area contributed by atoms with Crippen molar-refractivity contribution < 1.29 is 9.47 Å². The maximum atomic E-state index is 6.32. The van der Waals surface area contributed by atoms with Crippen molar-refractivity contribution >= 4 is 11.6 Å². The predicted octanol–water partition coefficient (Wildman–Crippen LogP) is 4.70. The van der Waals surface area contributed by atoms with Crippen LogP contribution in [0.4, 0.5) is 0 Å². The second-order valence-electron chi connectivity index (χ2n) is 6.51. The molecule has 0 saturated heterocycles. The summed E-state index contributed by atoms with van der Waals surface area (Å²) in [4.78, 5) is 0. The lowest BCUT2D eigenvalue weighted by atomic mass is 9.77. The molecule has 24 heavy (non-hydrogen) atoms. The molecule has 1 atom stereocenters. The highest BCUT2D eigenvalue weighted by molar-refractivity contribution is 6.32. The van der Waals surface area contributed by atoms with Gasteiger partial charge in [0.1, 0.15) is 0 Å². The molecule has 0 bridgehead atoms. The Morgan fingerprint density at radius 2 is 1.96 bits per heavy atom. The molecule has 0 saturated carbocycles. The Kier molecular flexibility index (Phi) is 5.02. The van der Waals surface area contributed by atoms with Crippen molar-refractivity contribution in [2.75, 3.05) is 14.2 Å². The molecule has 0 heterocycles. The van der Waals surface area contributed by atoms with E-state index in [0.29, 0.717) is 16.5 Å². The quantitative estimate of drug-likeness (QED) is 0.852. The molecule has 1 aliphatic rings. The molecule has 1 N–H and O–H groups in total. The van der Waals surface area contributed by atoms with Gasteiger partial charge in [-0.2, -0.15) is 0 Å². The van der Waals surface area contributed by atoms with E-state index >= 15 is 0 Å². The Bertz CT molecular complexity index is 732. The van der Waals surface area contributed by atoms with Gasteiger partial charge in [-0.05, 0) is 55.0 Å². The Balaban J connectivity index is 1.83. The zero-order valence-corrected chi connectivity index (χ0v) is 15.2. The molecule has 2 aromatic rings. The summed E-state index contributed by atoms with van der Waals surface area (Å²) in [6, 6.07) is 12.6. The number of hydrogen-bond acceptors (Lipinski definition) is 3. The molecule has 0 spiro atoms. The summed E-state index contributed by atoms with van der Waals surface area (Å²) in [6.07, 6.45) is 3.49. The highest BCUT2D eigenvalue weighted by Gasteiger charge is 2.31. The molecule has 1 unspecified atom stereocenters. The minimum Gasteiger partial charge on any atom is -0.493 e. The Labute approximate surface area is 148 Å². The first-order chi connectivity index (χ1) is 11.6. The summed E-state index contributed by atoms with van der Waals surface area (Å²) in [5.41, 5.74) is 3.92. The SMILES string of the molecule is COc1cc(CNC2(C)CCCc3ccccc32)cc(Cl)c1OC. The summed E-state index contributed by atoms with van der Waals surface area (Å²) < 4.78 is 10.7. The van der Waals surface area contributed by atoms with Crippen LogP contribution in [0.5, 0.6) is 11.5 Å². The molecule has 3 rings (SSSR count). The summed E-state index contributed by atoms with van der Waals surface area (Å²) in [7, 11) is 3.23. The van der Waals surface area contributed by atoms with Crippen LogP contribution in [0.15, 0.2) is 36.4 Å². The highest BCUT2D eigenvalue weighted by Crippen LogP contribution is 2.38. The predicted molar refractivity (Wildman–Crippen MR) is 98.1 cm³/mol. The van der Waals surface area contributed by atoms with Gasteiger partial charge in [0.25, 0.3) is 0 Å². The number of fused-ring (bicyclic) bond motifs is 1. The fourth-order valence-electron chi connectivity index (χ4n) is 3.60. The first kappa shape index (κ1) is 17.1. The third-order valence-corrected chi connectivity index (χ3v) is 5.19. The Morgan fingerprint density at radius 1 is 1.17 bits per heavy atom. The topological polar surface area (TPSA) is 30.5 Å². The largest absolute Gasteiger partial charge is 0.493 e. The van der Waals surface area contributed by atoms with E-state index in [0.717, 1.165) is 24.9 Å². The van der Waals surface area contributed by atoms with Gasteiger partial charge in [-0.15, -0.1) is 0 Å². The van der Waals surface area contributed by atoms with Crippen LogP contribution in [-0.4, -0.2) is 14.2 Å². The number of nitrogens with one attached hydrogen (secondary N) is 1. The summed E-state index contributed by atoms with van der Waals surface area (Å²) in [5.74, 6) is 1.24. The van der Waals surface area contributed by atoms with Gasteiger partial charge in [0, 0.05) is 12.1 Å². The maximum Gasteiger partial charge on any atom is 0.179 e. The normalized spacial score (nSPS) is 19.7. The highest BCUT2D eigenvalue weighted by atomic mass is 35.5. The molecule has 128 valence electrons. The average Bonchev–Trinajstić information content (AvgIpc) is 2.60. The van der Waals surface area contributed by atoms with E-state index in [1.807, 2.05) is 12.1 Å². The standard InChI is InChI=1S/C20H24ClNO2/c1-20(10-6-8-15-7-4-5-9-16(15)20)22-13-14-11-17(21)19(24-3)18(12-14)23-2/h4-5,7,9,11-12,22H,6,8,10,13H2,1-3H3. The van der Waals surface area contributed by atoms with Crippen molar-refractivity contribution in [2.45, 2.75) is 38.3 Å². The molecule has 0 aromatic heterocycles. The summed E-state index contributed by atoms with van der Waals surface area (Å²) in [5, 5.41) is 4.30. The van der Waals surface area contributed by atoms with Gasteiger partial charge in [-0.1, -0.05) is 35.9 Å². The monoisotopic (exact) mass is 345 g/mol. The zero-order chi connectivity index (χ0) is 17.2. The number of methoxy groups -OCH3 is 2. The molecular weight excluding hydrogens is 322 g/mol. The maximum absolute atomic E-state index is 6.32. The van der Waals surface area contributed by atoms with E-state index in [1.165, 1.54) is 17.5 Å². The number of hydrogen-bond donors (Lipinski definition) is 1. The van der Waals surface area contributed by atoms with Crippen LogP contribution in [0, 0.1) is 0 Å². The van der Waals surface area contributed by atoms with E-state index in [-0.39, 0.29) is 5.54 Å². The van der Waals surface area contributed by atoms with Gasteiger partial charge in [-0.25, -0.2) is 0 Å². The first-order valence-corrected chi connectivity index (χ1v) is 8.69. The van der Waals surface area contributed by atoms with Gasteiger partial charge < -0.3 is 14.8 Å². The number of halogens is 1. The third-order valence-electron chi connectivity index (χ3n) is 4.91. The summed E-state index contributed by atoms with van der Waals surface area (Å²) >= 11 is 6.32. The van der Waals surface area contributed by atoms with Crippen LogP contribution >= 0.6 is 11.6 Å². The first-order valence-electron chi connectivity index (χ1n) is 8.31. The van der Waals surface area contributed by atoms with E-state index in [9.17, 15) is 0 Å². The Hall–Kier alpha value is -1.71. The van der Waals surface area contributed by atoms with Crippen molar-refractivity contribution in [3.8, 4) is 11.5 Å².